The Bertz CT molecular complexity index is 1850. The lowest BCUT2D eigenvalue weighted by Crippen LogP contribution is -2.60. The van der Waals surface area contributed by atoms with Gasteiger partial charge in [0.2, 0.25) is 23.6 Å². The molecule has 9 atom stereocenters. The second-order valence-corrected chi connectivity index (χ2v) is 18.7. The predicted octanol–water partition coefficient (Wildman–Crippen LogP) is 6.34. The van der Waals surface area contributed by atoms with Gasteiger partial charge in [-0.2, -0.15) is 0 Å². The van der Waals surface area contributed by atoms with Crippen LogP contribution in [0.15, 0.2) is 66.2 Å². The number of aromatic nitrogens is 1. The lowest BCUT2D eigenvalue weighted by molar-refractivity contribution is -0.148. The van der Waals surface area contributed by atoms with Gasteiger partial charge in [0.05, 0.1) is 48.7 Å². The van der Waals surface area contributed by atoms with Gasteiger partial charge in [0.1, 0.15) is 11.0 Å². The van der Waals surface area contributed by atoms with Gasteiger partial charge >= 0.3 is 0 Å². The summed E-state index contributed by atoms with van der Waals surface area (Å²) in [6, 6.07) is 15.2. The number of likely N-dealkylation sites (N-methyl/N-ethyl adjacent to an activating group) is 2. The van der Waals surface area contributed by atoms with Crippen LogP contribution in [0.1, 0.15) is 96.3 Å². The van der Waals surface area contributed by atoms with Crippen molar-refractivity contribution in [3.8, 4) is 0 Å². The van der Waals surface area contributed by atoms with Crippen LogP contribution >= 0.6 is 11.3 Å². The smallest absolute Gasteiger partial charge is 0.245 e. The van der Waals surface area contributed by atoms with Gasteiger partial charge in [-0.1, -0.05) is 97.4 Å². The Morgan fingerprint density at radius 2 is 1.58 bits per heavy atom. The minimum Gasteiger partial charge on any atom is -0.399 e. The fraction of sp³-hybridized carbons (Fsp3) is 0.604. The molecule has 62 heavy (non-hydrogen) atoms. The van der Waals surface area contributed by atoms with Crippen LogP contribution in [0.4, 0.5) is 5.69 Å². The number of nitrogens with two attached hydrogens (primary N) is 1. The topological polar surface area (TPSA) is 159 Å². The number of ether oxygens (including phenoxy) is 2. The number of nitrogens with zero attached hydrogens (tertiary/aromatic N) is 4. The summed E-state index contributed by atoms with van der Waals surface area (Å²) in [7, 11) is 6.85. The summed E-state index contributed by atoms with van der Waals surface area (Å²) in [4.78, 5) is 67.1. The molecule has 0 saturated carbocycles. The zero-order chi connectivity index (χ0) is 45.7. The molecule has 1 saturated heterocycles. The van der Waals surface area contributed by atoms with Crippen LogP contribution in [0.3, 0.4) is 0 Å². The summed E-state index contributed by atoms with van der Waals surface area (Å²) >= 11 is 1.50. The Morgan fingerprint density at radius 3 is 2.15 bits per heavy atom. The Hall–Kier alpha value is -4.37. The zero-order valence-electron chi connectivity index (χ0n) is 38.9. The van der Waals surface area contributed by atoms with E-state index in [0.29, 0.717) is 31.6 Å². The maximum Gasteiger partial charge on any atom is 0.245 e. The van der Waals surface area contributed by atoms with Crippen molar-refractivity contribution < 1.29 is 28.7 Å². The van der Waals surface area contributed by atoms with Gasteiger partial charge in [-0.25, -0.2) is 4.98 Å². The maximum atomic E-state index is 14.6. The molecule has 342 valence electrons. The molecule has 0 unspecified atom stereocenters. The number of thiazole rings is 1. The average Bonchev–Trinajstić information content (AvgIpc) is 3.97. The molecule has 1 fully saturated rings. The van der Waals surface area contributed by atoms with Gasteiger partial charge in [0.25, 0.3) is 0 Å². The molecular weight excluding hydrogens is 803 g/mol. The highest BCUT2D eigenvalue weighted by Crippen LogP contribution is 2.31. The maximum absolute atomic E-state index is 14.6. The number of benzene rings is 2. The molecule has 0 spiro atoms. The van der Waals surface area contributed by atoms with Crippen LogP contribution in [0.2, 0.25) is 0 Å². The zero-order valence-corrected chi connectivity index (χ0v) is 39.7. The summed E-state index contributed by atoms with van der Waals surface area (Å²) in [5.74, 6) is -1.59. The number of carbonyl (C=O) groups excluding carboxylic acids is 4. The van der Waals surface area contributed by atoms with Crippen LogP contribution in [0.5, 0.6) is 0 Å². The number of nitrogen functional groups attached to an aromatic ring is 1. The number of hydrogen-bond donors (Lipinski definition) is 3. The van der Waals surface area contributed by atoms with Crippen molar-refractivity contribution in [3.05, 3.63) is 82.3 Å². The first-order chi connectivity index (χ1) is 29.5. The molecule has 1 aromatic heterocycles. The van der Waals surface area contributed by atoms with Crippen LogP contribution in [-0.2, 0) is 41.6 Å². The third-order valence-corrected chi connectivity index (χ3v) is 13.5. The molecule has 4 rings (SSSR count). The van der Waals surface area contributed by atoms with Crippen LogP contribution < -0.4 is 16.4 Å². The minimum atomic E-state index is -0.806. The summed E-state index contributed by atoms with van der Waals surface area (Å²) in [6.07, 6.45) is 3.38. The molecule has 13 nitrogen and oxygen atoms in total. The van der Waals surface area contributed by atoms with Crippen molar-refractivity contribution in [1.29, 1.82) is 0 Å². The molecule has 14 heteroatoms. The fourth-order valence-electron chi connectivity index (χ4n) is 9.06. The molecule has 2 heterocycles. The number of hydrogen-bond acceptors (Lipinski definition) is 10. The van der Waals surface area contributed by atoms with Gasteiger partial charge < -0.3 is 35.6 Å². The minimum absolute atomic E-state index is 0.0316. The molecule has 4 N–H and O–H groups in total. The molecule has 1 aliphatic rings. The van der Waals surface area contributed by atoms with E-state index in [1.165, 1.54) is 11.3 Å². The highest BCUT2D eigenvalue weighted by molar-refractivity contribution is 7.09. The SMILES string of the molecule is CC[C@H](C)[C@@H]([C@@H](CC(=O)N1CCC[C@H]1[C@H](OC)[C@@H](C)C(=O)N[C@@H](Cc1ccccc1)c1nccs1)OC)N(C)C(=O)[C@@H](NC(=O)[C@H](C(C)C)N(C)Cc1ccc(N)cc1)C(C)C. The number of rotatable bonds is 23. The fourth-order valence-corrected chi connectivity index (χ4v) is 9.75. The number of nitrogens with one attached hydrogen (secondary N) is 2. The van der Waals surface area contributed by atoms with Gasteiger partial charge in [-0.3, -0.25) is 24.1 Å². The normalized spacial score (nSPS) is 18.2. The Kier molecular flexibility index (Phi) is 19.4. The predicted molar refractivity (Wildman–Crippen MR) is 247 cm³/mol. The first kappa shape index (κ1) is 50.3. The summed E-state index contributed by atoms with van der Waals surface area (Å²) in [6.45, 7) is 14.9. The van der Waals surface area contributed by atoms with E-state index in [1.54, 1.807) is 32.4 Å². The molecule has 2 aromatic carbocycles. The van der Waals surface area contributed by atoms with E-state index in [1.807, 2.05) is 111 Å². The number of carbonyl (C=O) groups is 4. The quantitative estimate of drug-likeness (QED) is 0.0925. The summed E-state index contributed by atoms with van der Waals surface area (Å²) in [5.41, 5.74) is 8.70. The number of methoxy groups -OCH3 is 2. The number of likely N-dealkylation sites (tertiary alicyclic amines) is 1. The van der Waals surface area contributed by atoms with E-state index in [9.17, 15) is 19.2 Å². The van der Waals surface area contributed by atoms with Crippen LogP contribution in [-0.4, -0.2) is 115 Å². The van der Waals surface area contributed by atoms with E-state index in [2.05, 4.69) is 29.5 Å². The molecule has 0 bridgehead atoms. The van der Waals surface area contributed by atoms with Crippen molar-refractivity contribution in [2.45, 2.75) is 130 Å². The highest BCUT2D eigenvalue weighted by atomic mass is 32.1. The molecule has 3 aromatic rings. The number of amides is 4. The molecule has 0 aliphatic carbocycles. The lowest BCUT2D eigenvalue weighted by atomic mass is 9.89. The molecular formula is C48H73N7O6S. The summed E-state index contributed by atoms with van der Waals surface area (Å²) < 4.78 is 12.2. The van der Waals surface area contributed by atoms with E-state index in [4.69, 9.17) is 15.2 Å². The van der Waals surface area contributed by atoms with Gasteiger partial charge in [0.15, 0.2) is 0 Å². The van der Waals surface area contributed by atoms with Gasteiger partial charge in [0, 0.05) is 51.6 Å². The average molecular weight is 876 g/mol. The van der Waals surface area contributed by atoms with Crippen molar-refractivity contribution in [1.82, 2.24) is 30.3 Å². The molecule has 0 radical (unpaired) electrons. The lowest BCUT2D eigenvalue weighted by Gasteiger charge is -2.41. The Morgan fingerprint density at radius 1 is 0.903 bits per heavy atom. The first-order valence-electron chi connectivity index (χ1n) is 22.2. The third kappa shape index (κ3) is 13.1. The summed E-state index contributed by atoms with van der Waals surface area (Å²) in [5, 5.41) is 9.10. The third-order valence-electron chi connectivity index (χ3n) is 12.6. The standard InChI is InChI=1S/C48H73N7O6S/c1-12-32(6)43(54(9)48(59)41(30(2)3)52-46(58)42(31(4)5)53(8)29-35-20-22-36(49)23-21-35)39(60-10)28-40(56)55-25-16-19-38(55)44(61-11)33(7)45(57)51-37(47-50-24-26-62-47)27-34-17-14-13-15-18-34/h13-15,17-18,20-24,26,30-33,37-39,41-44H,12,16,19,25,27-29,49H2,1-11H3,(H,51,57)(H,52,58)/t32-,33+,37-,38-,39+,41-,42-,43-,44+/m0/s1. The Labute approximate surface area is 374 Å². The van der Waals surface area contributed by atoms with Gasteiger partial charge in [-0.05, 0) is 67.3 Å². The molecule has 1 aliphatic heterocycles. The van der Waals surface area contributed by atoms with Crippen LogP contribution in [0, 0.1) is 23.7 Å². The van der Waals surface area contributed by atoms with Crippen LogP contribution in [0.25, 0.3) is 0 Å². The largest absolute Gasteiger partial charge is 0.399 e. The second-order valence-electron chi connectivity index (χ2n) is 17.8. The van der Waals surface area contributed by atoms with E-state index < -0.39 is 36.3 Å². The molecule has 4 amide bonds. The van der Waals surface area contributed by atoms with Crippen molar-refractivity contribution in [3.63, 3.8) is 0 Å². The van der Waals surface area contributed by atoms with Crippen molar-refractivity contribution in [2.24, 2.45) is 23.7 Å². The Balaban J connectivity index is 1.48. The van der Waals surface area contributed by atoms with Gasteiger partial charge in [-0.15, -0.1) is 11.3 Å². The van der Waals surface area contributed by atoms with E-state index in [0.717, 1.165) is 29.0 Å². The van der Waals surface area contributed by atoms with Crippen molar-refractivity contribution >= 4 is 40.7 Å². The first-order valence-corrected chi connectivity index (χ1v) is 23.1. The monoisotopic (exact) mass is 876 g/mol. The van der Waals surface area contributed by atoms with E-state index in [-0.39, 0.29) is 59.9 Å². The number of anilines is 1. The highest BCUT2D eigenvalue weighted by Gasteiger charge is 2.43. The van der Waals surface area contributed by atoms with E-state index >= 15 is 0 Å². The van der Waals surface area contributed by atoms with Crippen molar-refractivity contribution in [2.75, 3.05) is 40.6 Å². The second kappa shape index (κ2) is 23.9.